The van der Waals surface area contributed by atoms with E-state index < -0.39 is 47.6 Å². The predicted octanol–water partition coefficient (Wildman–Crippen LogP) is 3.44. The molecule has 0 aromatic carbocycles. The third-order valence-electron chi connectivity index (χ3n) is 2.68. The van der Waals surface area contributed by atoms with Crippen LogP contribution in [-0.4, -0.2) is 46.9 Å². The Bertz CT molecular complexity index is 512. The molecule has 0 aromatic heterocycles. The van der Waals surface area contributed by atoms with E-state index in [0.29, 0.717) is 6.08 Å². The number of nitrogens with zero attached hydrogens (tertiary/aromatic N) is 1. The van der Waals surface area contributed by atoms with Crippen molar-refractivity contribution in [2.24, 2.45) is 0 Å². The largest absolute Gasteiger partial charge is 0.458 e. The van der Waals surface area contributed by atoms with Crippen LogP contribution >= 0.6 is 0 Å². The van der Waals surface area contributed by atoms with Gasteiger partial charge in [-0.3, -0.25) is 4.90 Å². The summed E-state index contributed by atoms with van der Waals surface area (Å²) in [6.45, 7) is 8.77. The standard InChI is InChI=1S/C15H22F3NO4/c1-13(2,3)22-11(20)10-7-9(15(16,17)18)8-19(10)12(21)23-14(4,5)6/h7,10H,8H2,1-6H3/t10-/m1/s1. The van der Waals surface area contributed by atoms with Gasteiger partial charge in [0.15, 0.2) is 6.04 Å². The molecule has 5 nitrogen and oxygen atoms in total. The Hall–Kier alpha value is -1.73. The van der Waals surface area contributed by atoms with Gasteiger partial charge < -0.3 is 9.47 Å². The number of rotatable bonds is 1. The lowest BCUT2D eigenvalue weighted by molar-refractivity contribution is -0.158. The zero-order valence-electron chi connectivity index (χ0n) is 14.1. The van der Waals surface area contributed by atoms with Crippen LogP contribution in [0.25, 0.3) is 0 Å². The quantitative estimate of drug-likeness (QED) is 0.543. The average Bonchev–Trinajstić information content (AvgIpc) is 2.67. The molecule has 1 aliphatic rings. The van der Waals surface area contributed by atoms with Crippen LogP contribution in [0.4, 0.5) is 18.0 Å². The Morgan fingerprint density at radius 2 is 1.52 bits per heavy atom. The molecule has 0 fully saturated rings. The number of alkyl halides is 3. The van der Waals surface area contributed by atoms with Crippen LogP contribution in [0.5, 0.6) is 0 Å². The van der Waals surface area contributed by atoms with E-state index >= 15 is 0 Å². The molecular weight excluding hydrogens is 315 g/mol. The van der Waals surface area contributed by atoms with Crippen molar-refractivity contribution in [1.82, 2.24) is 4.90 Å². The summed E-state index contributed by atoms with van der Waals surface area (Å²) in [5, 5.41) is 0. The number of carbonyl (C=O) groups excluding carboxylic acids is 2. The first-order valence-electron chi connectivity index (χ1n) is 7.10. The van der Waals surface area contributed by atoms with Crippen molar-refractivity contribution in [2.45, 2.75) is 65.0 Å². The van der Waals surface area contributed by atoms with Gasteiger partial charge in [0.25, 0.3) is 0 Å². The van der Waals surface area contributed by atoms with Crippen LogP contribution in [0.1, 0.15) is 41.5 Å². The van der Waals surface area contributed by atoms with E-state index in [1.165, 1.54) is 0 Å². The molecule has 0 unspecified atom stereocenters. The number of hydrogen-bond donors (Lipinski definition) is 0. The Labute approximate surface area is 133 Å². The smallest absolute Gasteiger partial charge is 0.414 e. The van der Waals surface area contributed by atoms with Gasteiger partial charge in [0, 0.05) is 0 Å². The fourth-order valence-electron chi connectivity index (χ4n) is 1.86. The maximum atomic E-state index is 12.9. The normalized spacial score (nSPS) is 19.4. The fraction of sp³-hybridized carbons (Fsp3) is 0.733. The van der Waals surface area contributed by atoms with Gasteiger partial charge in [0.2, 0.25) is 0 Å². The summed E-state index contributed by atoms with van der Waals surface area (Å²) in [6.07, 6.45) is -4.92. The molecule has 0 saturated carbocycles. The number of ether oxygens (including phenoxy) is 2. The second kappa shape index (κ2) is 6.05. The SMILES string of the molecule is CC(C)(C)OC(=O)[C@H]1C=C(C(F)(F)F)CN1C(=O)OC(C)(C)C. The number of amides is 1. The zero-order valence-corrected chi connectivity index (χ0v) is 14.1. The molecule has 1 aliphatic heterocycles. The second-order valence-corrected chi connectivity index (χ2v) is 7.28. The first-order chi connectivity index (χ1) is 10.1. The highest BCUT2D eigenvalue weighted by Gasteiger charge is 2.46. The summed E-state index contributed by atoms with van der Waals surface area (Å²) >= 11 is 0. The molecule has 0 saturated heterocycles. The van der Waals surface area contributed by atoms with Gasteiger partial charge in [0.1, 0.15) is 11.2 Å². The molecule has 1 rings (SSSR count). The number of esters is 1. The zero-order chi connectivity index (χ0) is 18.2. The van der Waals surface area contributed by atoms with Gasteiger partial charge in [-0.25, -0.2) is 9.59 Å². The minimum absolute atomic E-state index is 0.706. The molecule has 1 atom stereocenters. The molecule has 8 heteroatoms. The molecule has 1 heterocycles. The fourth-order valence-corrected chi connectivity index (χ4v) is 1.86. The van der Waals surface area contributed by atoms with Crippen LogP contribution in [0.3, 0.4) is 0 Å². The highest BCUT2D eigenvalue weighted by molar-refractivity contribution is 5.85. The van der Waals surface area contributed by atoms with Gasteiger partial charge in [-0.05, 0) is 47.6 Å². The van der Waals surface area contributed by atoms with Crippen LogP contribution in [0, 0.1) is 0 Å². The molecule has 0 aliphatic carbocycles. The Morgan fingerprint density at radius 1 is 1.04 bits per heavy atom. The predicted molar refractivity (Wildman–Crippen MR) is 76.7 cm³/mol. The summed E-state index contributed by atoms with van der Waals surface area (Å²) in [7, 11) is 0. The van der Waals surface area contributed by atoms with Crippen molar-refractivity contribution in [1.29, 1.82) is 0 Å². The summed E-state index contributed by atoms with van der Waals surface area (Å²) in [4.78, 5) is 25.0. The van der Waals surface area contributed by atoms with Gasteiger partial charge in [-0.15, -0.1) is 0 Å². The van der Waals surface area contributed by atoms with E-state index in [1.807, 2.05) is 0 Å². The van der Waals surface area contributed by atoms with E-state index in [9.17, 15) is 22.8 Å². The first-order valence-corrected chi connectivity index (χ1v) is 7.10. The lowest BCUT2D eigenvalue weighted by atomic mass is 10.2. The monoisotopic (exact) mass is 337 g/mol. The lowest BCUT2D eigenvalue weighted by Gasteiger charge is -2.29. The highest BCUT2D eigenvalue weighted by atomic mass is 19.4. The second-order valence-electron chi connectivity index (χ2n) is 7.28. The molecular formula is C15H22F3NO4. The summed E-state index contributed by atoms with van der Waals surface area (Å²) < 4.78 is 48.9. The van der Waals surface area contributed by atoms with Crippen molar-refractivity contribution in [3.8, 4) is 0 Å². The molecule has 0 aromatic rings. The Morgan fingerprint density at radius 3 is 1.91 bits per heavy atom. The minimum atomic E-state index is -4.63. The highest BCUT2D eigenvalue weighted by Crippen LogP contribution is 2.33. The Kier molecular flexibility index (Phi) is 5.08. The first kappa shape index (κ1) is 19.3. The van der Waals surface area contributed by atoms with E-state index in [0.717, 1.165) is 4.90 Å². The van der Waals surface area contributed by atoms with Gasteiger partial charge in [-0.2, -0.15) is 13.2 Å². The van der Waals surface area contributed by atoms with Gasteiger partial charge in [0.05, 0.1) is 12.1 Å². The summed E-state index contributed by atoms with van der Waals surface area (Å²) in [5.41, 5.74) is -2.75. The topological polar surface area (TPSA) is 55.8 Å². The minimum Gasteiger partial charge on any atom is -0.458 e. The summed E-state index contributed by atoms with van der Waals surface area (Å²) in [6, 6.07) is -1.46. The number of hydrogen-bond acceptors (Lipinski definition) is 4. The molecule has 0 spiro atoms. The molecule has 0 N–H and O–H groups in total. The van der Waals surface area contributed by atoms with Crippen LogP contribution in [-0.2, 0) is 14.3 Å². The molecule has 0 bridgehead atoms. The van der Waals surface area contributed by atoms with Crippen LogP contribution in [0.15, 0.2) is 11.6 Å². The van der Waals surface area contributed by atoms with Crippen molar-refractivity contribution < 1.29 is 32.2 Å². The third kappa shape index (κ3) is 5.76. The van der Waals surface area contributed by atoms with Crippen LogP contribution < -0.4 is 0 Å². The van der Waals surface area contributed by atoms with E-state index in [1.54, 1.807) is 41.5 Å². The maximum absolute atomic E-state index is 12.9. The van der Waals surface area contributed by atoms with E-state index in [4.69, 9.17) is 9.47 Å². The van der Waals surface area contributed by atoms with Crippen molar-refractivity contribution in [3.05, 3.63) is 11.6 Å². The molecule has 0 radical (unpaired) electrons. The van der Waals surface area contributed by atoms with Crippen LogP contribution in [0.2, 0.25) is 0 Å². The maximum Gasteiger partial charge on any atom is 0.414 e. The van der Waals surface area contributed by atoms with Crippen molar-refractivity contribution >= 4 is 12.1 Å². The molecule has 1 amide bonds. The molecule has 132 valence electrons. The summed E-state index contributed by atoms with van der Waals surface area (Å²) in [5.74, 6) is -0.928. The van der Waals surface area contributed by atoms with Gasteiger partial charge in [-0.1, -0.05) is 0 Å². The van der Waals surface area contributed by atoms with E-state index in [-0.39, 0.29) is 0 Å². The lowest BCUT2D eigenvalue weighted by Crippen LogP contribution is -2.46. The number of carbonyl (C=O) groups is 2. The van der Waals surface area contributed by atoms with E-state index in [2.05, 4.69) is 0 Å². The van der Waals surface area contributed by atoms with Crippen molar-refractivity contribution in [3.63, 3.8) is 0 Å². The third-order valence-corrected chi connectivity index (χ3v) is 2.68. The average molecular weight is 337 g/mol. The Balaban J connectivity index is 3.04. The van der Waals surface area contributed by atoms with Gasteiger partial charge >= 0.3 is 18.2 Å². The van der Waals surface area contributed by atoms with Crippen molar-refractivity contribution in [2.75, 3.05) is 6.54 Å². The molecule has 23 heavy (non-hydrogen) atoms. The number of halogens is 3.